The molecule has 0 N–H and O–H groups in total. The van der Waals surface area contributed by atoms with Gasteiger partial charge in [-0.05, 0) is 36.8 Å². The fourth-order valence-electron chi connectivity index (χ4n) is 3.91. The Morgan fingerprint density at radius 2 is 1.91 bits per heavy atom. The van der Waals surface area contributed by atoms with Gasteiger partial charge in [0.05, 0.1) is 19.7 Å². The zero-order valence-corrected chi connectivity index (χ0v) is 21.1. The molecule has 35 heavy (non-hydrogen) atoms. The Bertz CT molecular complexity index is 1410. The predicted molar refractivity (Wildman–Crippen MR) is 138 cm³/mol. The van der Waals surface area contributed by atoms with Crippen LogP contribution in [0.4, 0.5) is 0 Å². The molecule has 1 aliphatic rings. The molecule has 0 radical (unpaired) electrons. The largest absolute Gasteiger partial charge is 0.494 e. The number of rotatable bonds is 5. The molecule has 2 aromatic carbocycles. The van der Waals surface area contributed by atoms with E-state index in [1.54, 1.807) is 23.4 Å². The van der Waals surface area contributed by atoms with E-state index in [9.17, 15) is 4.79 Å². The van der Waals surface area contributed by atoms with Gasteiger partial charge in [-0.3, -0.25) is 4.79 Å². The maximum absolute atomic E-state index is 11.7. The zero-order valence-electron chi connectivity index (χ0n) is 19.5. The van der Waals surface area contributed by atoms with Gasteiger partial charge >= 0.3 is 0 Å². The van der Waals surface area contributed by atoms with Crippen LogP contribution in [-0.2, 0) is 11.2 Å². The molecule has 4 heterocycles. The van der Waals surface area contributed by atoms with Crippen LogP contribution in [0.15, 0.2) is 63.5 Å². The van der Waals surface area contributed by atoms with Crippen LogP contribution in [0.25, 0.3) is 27.6 Å². The zero-order chi connectivity index (χ0) is 24.2. The van der Waals surface area contributed by atoms with Crippen molar-refractivity contribution in [2.45, 2.75) is 23.6 Å². The van der Waals surface area contributed by atoms with E-state index in [4.69, 9.17) is 9.15 Å². The summed E-state index contributed by atoms with van der Waals surface area (Å²) in [6, 6.07) is 15.5. The Kier molecular flexibility index (Phi) is 7.01. The molecule has 6 rings (SSSR count). The summed E-state index contributed by atoms with van der Waals surface area (Å²) in [7, 11) is 1.61. The minimum atomic E-state index is 0.272. The molecule has 0 spiro atoms. The average Bonchev–Trinajstić information content (AvgIpc) is 3.67. The molecule has 1 saturated heterocycles. The van der Waals surface area contributed by atoms with Crippen molar-refractivity contribution >= 4 is 45.1 Å². The maximum atomic E-state index is 11.7. The lowest BCUT2D eigenvalue weighted by molar-refractivity contribution is -0.129. The number of likely N-dealkylation sites (tertiary alicyclic amines) is 1. The van der Waals surface area contributed by atoms with Gasteiger partial charge in [0, 0.05) is 13.1 Å². The monoisotopic (exact) mass is 507 g/mol. The van der Waals surface area contributed by atoms with E-state index >= 15 is 0 Å². The van der Waals surface area contributed by atoms with Crippen molar-refractivity contribution in [3.05, 3.63) is 60.3 Å². The molecule has 10 heteroatoms. The number of ether oxygens (including phenoxy) is 1. The number of benzene rings is 2. The smallest absolute Gasteiger partial charge is 0.248 e. The highest BCUT2D eigenvalue weighted by molar-refractivity contribution is 8.00. The quantitative estimate of drug-likeness (QED) is 0.303. The molecule has 1 aliphatic heterocycles. The minimum absolute atomic E-state index is 0.272. The molecule has 0 aliphatic carbocycles. The van der Waals surface area contributed by atoms with Gasteiger partial charge in [0.1, 0.15) is 11.4 Å². The van der Waals surface area contributed by atoms with Crippen molar-refractivity contribution in [2.24, 2.45) is 0 Å². The first-order valence-electron chi connectivity index (χ1n) is 11.3. The number of aromatic nitrogens is 4. The molecular weight excluding hydrogens is 482 g/mol. The Morgan fingerprint density at radius 3 is 2.63 bits per heavy atom. The Hall–Kier alpha value is -3.37. The van der Waals surface area contributed by atoms with Crippen LogP contribution in [0.1, 0.15) is 18.4 Å². The minimum Gasteiger partial charge on any atom is -0.494 e. The Morgan fingerprint density at radius 1 is 1.11 bits per heavy atom. The molecule has 0 unspecified atom stereocenters. The topological polar surface area (TPSA) is 85.8 Å². The van der Waals surface area contributed by atoms with Gasteiger partial charge in [0.2, 0.25) is 16.8 Å². The Labute approximate surface area is 210 Å². The number of hydrogen-bond acceptors (Lipinski definition) is 8. The standard InChI is InChI=1S/C13H10N4O2S2.C12H15NO/c1-18-8-4-3-5-9-10(8)15-11(19-9)7-6-17-12(14-7)21-13(16-17)20-2;14-12(13-8-4-5-9-13)10-11-6-2-1-3-7-11/h3-6H,1-2H3;1-3,6-7H,4-5,8-10H2. The summed E-state index contributed by atoms with van der Waals surface area (Å²) in [4.78, 5) is 23.5. The third-order valence-electron chi connectivity index (χ3n) is 5.68. The number of thioether (sulfide) groups is 1. The molecule has 1 amide bonds. The first-order chi connectivity index (χ1) is 17.1. The normalized spacial score (nSPS) is 13.3. The number of carbonyl (C=O) groups excluding carboxylic acids is 1. The molecular formula is C25H25N5O3S2. The second-order valence-electron chi connectivity index (χ2n) is 8.00. The second-order valence-corrected chi connectivity index (χ2v) is 10.0. The lowest BCUT2D eigenvalue weighted by atomic mass is 10.1. The van der Waals surface area contributed by atoms with Crippen LogP contribution >= 0.6 is 23.1 Å². The molecule has 3 aromatic heterocycles. The van der Waals surface area contributed by atoms with Crippen molar-refractivity contribution in [1.29, 1.82) is 0 Å². The molecule has 180 valence electrons. The lowest BCUT2D eigenvalue weighted by Gasteiger charge is -2.14. The maximum Gasteiger partial charge on any atom is 0.248 e. The van der Waals surface area contributed by atoms with Crippen molar-refractivity contribution in [1.82, 2.24) is 24.5 Å². The predicted octanol–water partition coefficient (Wildman–Crippen LogP) is 5.18. The lowest BCUT2D eigenvalue weighted by Crippen LogP contribution is -2.28. The summed E-state index contributed by atoms with van der Waals surface area (Å²) in [5, 5.41) is 4.41. The van der Waals surface area contributed by atoms with E-state index in [1.165, 1.54) is 24.2 Å². The Balaban J connectivity index is 0.000000158. The number of oxazole rings is 1. The van der Waals surface area contributed by atoms with Crippen LogP contribution in [0.3, 0.4) is 0 Å². The van der Waals surface area contributed by atoms with E-state index in [-0.39, 0.29) is 5.91 Å². The third kappa shape index (κ3) is 5.18. The number of methoxy groups -OCH3 is 1. The molecule has 8 nitrogen and oxygen atoms in total. The van der Waals surface area contributed by atoms with E-state index in [0.717, 1.165) is 28.0 Å². The second kappa shape index (κ2) is 10.5. The van der Waals surface area contributed by atoms with Crippen molar-refractivity contribution < 1.29 is 13.9 Å². The van der Waals surface area contributed by atoms with Crippen LogP contribution < -0.4 is 4.74 Å². The number of hydrogen-bond donors (Lipinski definition) is 0. The average molecular weight is 508 g/mol. The number of amides is 1. The highest BCUT2D eigenvalue weighted by atomic mass is 32.2. The number of nitrogens with zero attached hydrogens (tertiary/aromatic N) is 5. The van der Waals surface area contributed by atoms with Crippen LogP contribution in [0.2, 0.25) is 0 Å². The summed E-state index contributed by atoms with van der Waals surface area (Å²) in [5.74, 6) is 1.43. The molecule has 0 bridgehead atoms. The van der Waals surface area contributed by atoms with Crippen molar-refractivity contribution in [2.75, 3.05) is 26.5 Å². The number of para-hydroxylation sites is 1. The van der Waals surface area contributed by atoms with Crippen LogP contribution in [-0.4, -0.2) is 56.8 Å². The fraction of sp³-hybridized carbons (Fsp3) is 0.280. The third-order valence-corrected chi connectivity index (χ3v) is 7.58. The fourth-order valence-corrected chi connectivity index (χ4v) is 5.26. The van der Waals surface area contributed by atoms with Crippen molar-refractivity contribution in [3.8, 4) is 17.3 Å². The summed E-state index contributed by atoms with van der Waals surface area (Å²) >= 11 is 3.14. The molecule has 0 saturated carbocycles. The molecule has 1 fully saturated rings. The van der Waals surface area contributed by atoms with Gasteiger partial charge in [0.15, 0.2) is 15.4 Å². The van der Waals surface area contributed by atoms with Gasteiger partial charge in [0.25, 0.3) is 0 Å². The van der Waals surface area contributed by atoms with Gasteiger partial charge < -0.3 is 14.1 Å². The summed E-state index contributed by atoms with van der Waals surface area (Å²) < 4.78 is 13.8. The number of carbonyl (C=O) groups is 1. The SMILES string of the molecule is COc1cccc2oc(-c3cn4nc(SC)sc4n3)nc12.O=C(Cc1ccccc1)N1CCCC1. The van der Waals surface area contributed by atoms with Crippen molar-refractivity contribution in [3.63, 3.8) is 0 Å². The van der Waals surface area contributed by atoms with E-state index in [0.29, 0.717) is 34.9 Å². The first kappa shape index (κ1) is 23.4. The van der Waals surface area contributed by atoms with Gasteiger partial charge in [-0.1, -0.05) is 59.5 Å². The first-order valence-corrected chi connectivity index (χ1v) is 13.3. The number of fused-ring (bicyclic) bond motifs is 2. The summed E-state index contributed by atoms with van der Waals surface area (Å²) in [5.41, 5.74) is 3.16. The number of imidazole rings is 1. The highest BCUT2D eigenvalue weighted by Gasteiger charge is 2.18. The van der Waals surface area contributed by atoms with E-state index in [2.05, 4.69) is 15.1 Å². The van der Waals surface area contributed by atoms with E-state index < -0.39 is 0 Å². The highest BCUT2D eigenvalue weighted by Crippen LogP contribution is 2.31. The molecule has 5 aromatic rings. The van der Waals surface area contributed by atoms with Crippen LogP contribution in [0, 0.1) is 0 Å². The van der Waals surface area contributed by atoms with E-state index in [1.807, 2.05) is 65.9 Å². The molecule has 0 atom stereocenters. The summed E-state index contributed by atoms with van der Waals surface area (Å²) in [6.45, 7) is 1.90. The summed E-state index contributed by atoms with van der Waals surface area (Å²) in [6.07, 6.45) is 6.71. The van der Waals surface area contributed by atoms with Gasteiger partial charge in [-0.15, -0.1) is 5.10 Å². The van der Waals surface area contributed by atoms with Gasteiger partial charge in [-0.2, -0.15) is 0 Å². The van der Waals surface area contributed by atoms with Crippen LogP contribution in [0.5, 0.6) is 5.75 Å². The van der Waals surface area contributed by atoms with Gasteiger partial charge in [-0.25, -0.2) is 14.5 Å².